The maximum Gasteiger partial charge on any atom is 0.305 e. The quantitative estimate of drug-likeness (QED) is 0.0525. The number of hydrogen-bond donors (Lipinski definition) is 1. The van der Waals surface area contributed by atoms with Crippen molar-refractivity contribution in [2.24, 2.45) is 0 Å². The summed E-state index contributed by atoms with van der Waals surface area (Å²) in [5.74, 6) is -0.452. The van der Waals surface area contributed by atoms with Crippen molar-refractivity contribution in [2.45, 2.75) is 38.5 Å². The fraction of sp³-hybridized carbons (Fsp3) is 0.273. The predicted octanol–water partition coefficient (Wildman–Crippen LogP) is 5.74. The molecule has 0 aromatic heterocycles. The molecule has 0 saturated heterocycles. The van der Waals surface area contributed by atoms with Gasteiger partial charge in [-0.2, -0.15) is 0 Å². The first-order valence-electron chi connectivity index (χ1n) is 13.9. The average Bonchev–Trinajstić information content (AvgIpc) is 2.99. The molecule has 8 nitrogen and oxygen atoms in total. The molecule has 1 heterocycles. The number of imide groups is 1. The zero-order chi connectivity index (χ0) is 28.5. The van der Waals surface area contributed by atoms with E-state index in [1.807, 2.05) is 36.4 Å². The van der Waals surface area contributed by atoms with Crippen LogP contribution < -0.4 is 4.74 Å². The molecule has 0 saturated carbocycles. The molecule has 0 unspecified atom stereocenters. The van der Waals surface area contributed by atoms with Crippen LogP contribution in [0.25, 0.3) is 43.1 Å². The molecular formula is C33H29NO7. The SMILES string of the molecule is O=COc1ccc2c3ccc4c5c(ccc(c6cccc1c62)c53)C(=O)N(CCCCOC(=O)CCCCCO)C4=O. The van der Waals surface area contributed by atoms with Crippen molar-refractivity contribution in [3.8, 4) is 5.75 Å². The van der Waals surface area contributed by atoms with Crippen molar-refractivity contribution in [1.82, 2.24) is 4.90 Å². The number of rotatable bonds is 12. The van der Waals surface area contributed by atoms with Crippen LogP contribution in [0, 0.1) is 0 Å². The van der Waals surface area contributed by atoms with E-state index in [9.17, 15) is 19.2 Å². The van der Waals surface area contributed by atoms with Gasteiger partial charge in [-0.1, -0.05) is 36.8 Å². The Balaban J connectivity index is 1.27. The Bertz CT molecular complexity index is 1760. The molecule has 1 N–H and O–H groups in total. The van der Waals surface area contributed by atoms with Crippen LogP contribution in [0.2, 0.25) is 0 Å². The molecule has 5 aromatic rings. The molecule has 0 spiro atoms. The van der Waals surface area contributed by atoms with E-state index in [-0.39, 0.29) is 37.5 Å². The van der Waals surface area contributed by atoms with Gasteiger partial charge in [-0.25, -0.2) is 0 Å². The van der Waals surface area contributed by atoms with Gasteiger partial charge in [0, 0.05) is 46.9 Å². The number of fused-ring (bicyclic) bond motifs is 2. The molecule has 41 heavy (non-hydrogen) atoms. The Kier molecular flexibility index (Phi) is 7.24. The van der Waals surface area contributed by atoms with Crippen molar-refractivity contribution in [3.05, 3.63) is 65.7 Å². The van der Waals surface area contributed by atoms with Gasteiger partial charge < -0.3 is 14.6 Å². The Morgan fingerprint density at radius 2 is 1.39 bits per heavy atom. The Morgan fingerprint density at radius 3 is 2.10 bits per heavy atom. The molecule has 8 heteroatoms. The largest absolute Gasteiger partial charge is 0.466 e. The highest BCUT2D eigenvalue weighted by Gasteiger charge is 2.34. The lowest BCUT2D eigenvalue weighted by atomic mass is 9.84. The summed E-state index contributed by atoms with van der Waals surface area (Å²) in [7, 11) is 0. The number of amides is 2. The summed E-state index contributed by atoms with van der Waals surface area (Å²) in [6.45, 7) is 1.01. The van der Waals surface area contributed by atoms with Gasteiger partial charge in [0.25, 0.3) is 18.3 Å². The molecule has 6 rings (SSSR count). The van der Waals surface area contributed by atoms with E-state index >= 15 is 0 Å². The van der Waals surface area contributed by atoms with Gasteiger partial charge in [-0.15, -0.1) is 0 Å². The maximum absolute atomic E-state index is 13.6. The molecule has 5 aromatic carbocycles. The Hall–Kier alpha value is -4.56. The highest BCUT2D eigenvalue weighted by molar-refractivity contribution is 6.38. The first-order valence-corrected chi connectivity index (χ1v) is 13.9. The fourth-order valence-electron chi connectivity index (χ4n) is 6.06. The van der Waals surface area contributed by atoms with E-state index in [0.29, 0.717) is 60.8 Å². The number of hydrogen-bond acceptors (Lipinski definition) is 7. The van der Waals surface area contributed by atoms with E-state index in [0.717, 1.165) is 44.1 Å². The van der Waals surface area contributed by atoms with Crippen LogP contribution >= 0.6 is 0 Å². The third kappa shape index (κ3) is 4.54. The second-order valence-corrected chi connectivity index (χ2v) is 10.3. The summed E-state index contributed by atoms with van der Waals surface area (Å²) in [5.41, 5.74) is 0.983. The van der Waals surface area contributed by atoms with Crippen molar-refractivity contribution in [1.29, 1.82) is 0 Å². The zero-order valence-corrected chi connectivity index (χ0v) is 22.5. The third-order valence-electron chi connectivity index (χ3n) is 7.95. The molecule has 2 amide bonds. The molecule has 0 aliphatic carbocycles. The van der Waals surface area contributed by atoms with E-state index in [1.165, 1.54) is 4.90 Å². The average molecular weight is 552 g/mol. The van der Waals surface area contributed by atoms with Crippen molar-refractivity contribution in [2.75, 3.05) is 19.8 Å². The highest BCUT2D eigenvalue weighted by Crippen LogP contribution is 2.45. The van der Waals surface area contributed by atoms with Crippen LogP contribution in [-0.4, -0.2) is 54.0 Å². The zero-order valence-electron chi connectivity index (χ0n) is 22.5. The molecule has 208 valence electrons. The standard InChI is InChI=1S/C33H29NO7/c35-17-4-1-2-9-28(37)40-18-5-3-16-34-32(38)25-12-10-22-20-7-6-8-24-27(41-19-36)15-14-21(29(20)24)23-11-13-26(33(34)39)31(25)30(22)23/h6-8,10-15,19,35H,1-5,9,16-18H2. The van der Waals surface area contributed by atoms with Gasteiger partial charge >= 0.3 is 5.97 Å². The molecule has 1 aliphatic rings. The van der Waals surface area contributed by atoms with E-state index in [1.54, 1.807) is 18.2 Å². The number of carbonyl (C=O) groups is 4. The first-order chi connectivity index (χ1) is 20.0. The minimum atomic E-state index is -0.328. The van der Waals surface area contributed by atoms with Gasteiger partial charge in [0.1, 0.15) is 5.75 Å². The summed E-state index contributed by atoms with van der Waals surface area (Å²) in [5, 5.41) is 15.9. The van der Waals surface area contributed by atoms with E-state index < -0.39 is 0 Å². The van der Waals surface area contributed by atoms with Crippen LogP contribution in [-0.2, 0) is 14.3 Å². The third-order valence-corrected chi connectivity index (χ3v) is 7.95. The van der Waals surface area contributed by atoms with Crippen LogP contribution in [0.15, 0.2) is 54.6 Å². The number of aliphatic hydroxyl groups excluding tert-OH is 1. The summed E-state index contributed by atoms with van der Waals surface area (Å²) < 4.78 is 10.5. The first kappa shape index (κ1) is 26.7. The molecule has 0 fully saturated rings. The molecule has 0 radical (unpaired) electrons. The number of unbranched alkanes of at least 4 members (excludes halogenated alkanes) is 3. The Morgan fingerprint density at radius 1 is 0.732 bits per heavy atom. The van der Waals surface area contributed by atoms with Crippen LogP contribution in [0.3, 0.4) is 0 Å². The normalized spacial score (nSPS) is 13.1. The summed E-state index contributed by atoms with van der Waals surface area (Å²) in [4.78, 5) is 51.4. The number of esters is 1. The second-order valence-electron chi connectivity index (χ2n) is 10.3. The number of carbonyl (C=O) groups excluding carboxylic acids is 4. The lowest BCUT2D eigenvalue weighted by molar-refractivity contribution is -0.144. The molecule has 0 bridgehead atoms. The van der Waals surface area contributed by atoms with E-state index in [4.69, 9.17) is 14.6 Å². The smallest absolute Gasteiger partial charge is 0.305 e. The molecule has 0 atom stereocenters. The summed E-state index contributed by atoms with van der Waals surface area (Å²) in [6, 6.07) is 17.0. The van der Waals surface area contributed by atoms with Gasteiger partial charge in [-0.3, -0.25) is 24.1 Å². The van der Waals surface area contributed by atoms with Crippen molar-refractivity contribution < 1.29 is 33.8 Å². The van der Waals surface area contributed by atoms with Gasteiger partial charge in [0.15, 0.2) is 0 Å². The van der Waals surface area contributed by atoms with Crippen molar-refractivity contribution in [3.63, 3.8) is 0 Å². The minimum Gasteiger partial charge on any atom is -0.466 e. The fourth-order valence-corrected chi connectivity index (χ4v) is 6.06. The molecule has 1 aliphatic heterocycles. The monoisotopic (exact) mass is 551 g/mol. The summed E-state index contributed by atoms with van der Waals surface area (Å²) >= 11 is 0. The van der Waals surface area contributed by atoms with Gasteiger partial charge in [0.05, 0.1) is 6.61 Å². The molecular weight excluding hydrogens is 522 g/mol. The lowest BCUT2D eigenvalue weighted by Crippen LogP contribution is -2.41. The van der Waals surface area contributed by atoms with Crippen LogP contribution in [0.5, 0.6) is 5.75 Å². The number of benzene rings is 5. The topological polar surface area (TPSA) is 110 Å². The highest BCUT2D eigenvalue weighted by atomic mass is 16.5. The lowest BCUT2D eigenvalue weighted by Gasteiger charge is -2.28. The second kappa shape index (κ2) is 11.1. The van der Waals surface area contributed by atoms with Gasteiger partial charge in [-0.05, 0) is 76.9 Å². The Labute approximate surface area is 235 Å². The van der Waals surface area contributed by atoms with Crippen LogP contribution in [0.1, 0.15) is 59.2 Å². The number of ether oxygens (including phenoxy) is 2. The number of aliphatic hydroxyl groups is 1. The minimum absolute atomic E-state index is 0.120. The van der Waals surface area contributed by atoms with E-state index in [2.05, 4.69) is 0 Å². The predicted molar refractivity (Wildman–Crippen MR) is 155 cm³/mol. The number of nitrogens with zero attached hydrogens (tertiary/aromatic N) is 1. The van der Waals surface area contributed by atoms with Crippen LogP contribution in [0.4, 0.5) is 0 Å². The summed E-state index contributed by atoms with van der Waals surface area (Å²) in [6.07, 6.45) is 3.51. The maximum atomic E-state index is 13.6. The van der Waals surface area contributed by atoms with Crippen molar-refractivity contribution >= 4 is 67.3 Å². The van der Waals surface area contributed by atoms with Gasteiger partial charge in [0.2, 0.25) is 0 Å².